The Bertz CT molecular complexity index is 728. The first-order valence-electron chi connectivity index (χ1n) is 9.00. The van der Waals surface area contributed by atoms with Gasteiger partial charge in [0.05, 0.1) is 6.54 Å². The molecule has 0 N–H and O–H groups in total. The second-order valence-corrected chi connectivity index (χ2v) is 7.00. The number of carbonyl (C=O) groups is 1. The second kappa shape index (κ2) is 6.38. The van der Waals surface area contributed by atoms with Gasteiger partial charge in [0, 0.05) is 18.7 Å². The van der Waals surface area contributed by atoms with E-state index in [0.29, 0.717) is 12.5 Å². The minimum atomic E-state index is 0.0945. The standard InChI is InChI=1S/C19H24N4O/c1-14-20-21-18-13-22(11-12-23(14)18)19(24)17-9-7-16(8-10-17)15-5-3-2-4-6-15/h7-10,15H,2-6,11-13H2,1H3. The van der Waals surface area contributed by atoms with E-state index >= 15 is 0 Å². The number of hydrogen-bond acceptors (Lipinski definition) is 3. The average molecular weight is 324 g/mol. The highest BCUT2D eigenvalue weighted by Crippen LogP contribution is 2.32. The number of aryl methyl sites for hydroxylation is 1. The van der Waals surface area contributed by atoms with Crippen LogP contribution >= 0.6 is 0 Å². The lowest BCUT2D eigenvalue weighted by Gasteiger charge is -2.28. The molecule has 0 spiro atoms. The molecule has 4 rings (SSSR count). The Morgan fingerprint density at radius 1 is 1.04 bits per heavy atom. The second-order valence-electron chi connectivity index (χ2n) is 7.00. The van der Waals surface area contributed by atoms with Crippen molar-refractivity contribution in [3.05, 3.63) is 47.0 Å². The predicted octanol–water partition coefficient (Wildman–Crippen LogP) is 3.29. The van der Waals surface area contributed by atoms with Crippen LogP contribution in [0.5, 0.6) is 0 Å². The van der Waals surface area contributed by atoms with Gasteiger partial charge in [-0.05, 0) is 43.4 Å². The molecule has 0 radical (unpaired) electrons. The predicted molar refractivity (Wildman–Crippen MR) is 91.8 cm³/mol. The summed E-state index contributed by atoms with van der Waals surface area (Å²) < 4.78 is 2.09. The van der Waals surface area contributed by atoms with E-state index in [0.717, 1.165) is 30.3 Å². The highest BCUT2D eigenvalue weighted by molar-refractivity contribution is 5.94. The molecule has 1 aliphatic carbocycles. The zero-order valence-electron chi connectivity index (χ0n) is 14.2. The van der Waals surface area contributed by atoms with Crippen molar-refractivity contribution in [3.63, 3.8) is 0 Å². The van der Waals surface area contributed by atoms with Crippen molar-refractivity contribution in [2.45, 2.75) is 58.0 Å². The monoisotopic (exact) mass is 324 g/mol. The third kappa shape index (κ3) is 2.83. The highest BCUT2D eigenvalue weighted by Gasteiger charge is 2.24. The molecule has 1 aliphatic heterocycles. The molecule has 0 atom stereocenters. The summed E-state index contributed by atoms with van der Waals surface area (Å²) in [5, 5.41) is 8.28. The number of hydrogen-bond donors (Lipinski definition) is 0. The zero-order valence-corrected chi connectivity index (χ0v) is 14.2. The first-order valence-corrected chi connectivity index (χ1v) is 9.00. The minimum Gasteiger partial charge on any atom is -0.329 e. The fourth-order valence-corrected chi connectivity index (χ4v) is 3.99. The van der Waals surface area contributed by atoms with Crippen LogP contribution in [0.1, 0.15) is 65.6 Å². The molecule has 0 saturated heterocycles. The van der Waals surface area contributed by atoms with Crippen molar-refractivity contribution in [1.29, 1.82) is 0 Å². The third-order valence-corrected chi connectivity index (χ3v) is 5.46. The van der Waals surface area contributed by atoms with Gasteiger partial charge in [-0.25, -0.2) is 0 Å². The average Bonchev–Trinajstić information content (AvgIpc) is 3.02. The Balaban J connectivity index is 1.46. The van der Waals surface area contributed by atoms with Crippen LogP contribution in [-0.2, 0) is 13.1 Å². The van der Waals surface area contributed by atoms with E-state index in [1.54, 1.807) is 0 Å². The maximum absolute atomic E-state index is 12.8. The van der Waals surface area contributed by atoms with Crippen LogP contribution in [0, 0.1) is 6.92 Å². The van der Waals surface area contributed by atoms with Gasteiger partial charge < -0.3 is 9.47 Å². The van der Waals surface area contributed by atoms with Crippen LogP contribution in [-0.4, -0.2) is 32.1 Å². The van der Waals surface area contributed by atoms with Gasteiger partial charge in [-0.3, -0.25) is 4.79 Å². The summed E-state index contributed by atoms with van der Waals surface area (Å²) in [6.07, 6.45) is 6.60. The summed E-state index contributed by atoms with van der Waals surface area (Å²) in [4.78, 5) is 14.6. The zero-order chi connectivity index (χ0) is 16.5. The lowest BCUT2D eigenvalue weighted by atomic mass is 9.84. The minimum absolute atomic E-state index is 0.0945. The number of nitrogens with zero attached hydrogens (tertiary/aromatic N) is 4. The first-order chi connectivity index (χ1) is 11.7. The van der Waals surface area contributed by atoms with Crippen molar-refractivity contribution in [2.24, 2.45) is 0 Å². The van der Waals surface area contributed by atoms with E-state index in [2.05, 4.69) is 26.9 Å². The van der Waals surface area contributed by atoms with Crippen molar-refractivity contribution in [3.8, 4) is 0 Å². The molecule has 0 bridgehead atoms. The van der Waals surface area contributed by atoms with E-state index in [1.807, 2.05) is 24.0 Å². The molecular formula is C19H24N4O. The Morgan fingerprint density at radius 3 is 2.54 bits per heavy atom. The summed E-state index contributed by atoms with van der Waals surface area (Å²) in [6.45, 7) is 4.00. The summed E-state index contributed by atoms with van der Waals surface area (Å²) in [5.74, 6) is 2.58. The Kier molecular flexibility index (Phi) is 4.08. The van der Waals surface area contributed by atoms with Crippen LogP contribution in [0.3, 0.4) is 0 Å². The third-order valence-electron chi connectivity index (χ3n) is 5.46. The van der Waals surface area contributed by atoms with E-state index in [-0.39, 0.29) is 5.91 Å². The Labute approximate surface area is 142 Å². The molecule has 2 heterocycles. The van der Waals surface area contributed by atoms with E-state index in [4.69, 9.17) is 0 Å². The van der Waals surface area contributed by atoms with Crippen molar-refractivity contribution >= 4 is 5.91 Å². The molecule has 1 saturated carbocycles. The number of fused-ring (bicyclic) bond motifs is 1. The smallest absolute Gasteiger partial charge is 0.254 e. The van der Waals surface area contributed by atoms with Crippen molar-refractivity contribution in [1.82, 2.24) is 19.7 Å². The molecule has 24 heavy (non-hydrogen) atoms. The van der Waals surface area contributed by atoms with E-state index < -0.39 is 0 Å². The molecule has 1 aromatic carbocycles. The summed E-state index contributed by atoms with van der Waals surface area (Å²) in [7, 11) is 0. The molecule has 1 amide bonds. The molecule has 1 aromatic heterocycles. The SMILES string of the molecule is Cc1nnc2n1CCN(C(=O)c1ccc(C3CCCCC3)cc1)C2. The van der Waals surface area contributed by atoms with E-state index in [9.17, 15) is 4.79 Å². The van der Waals surface area contributed by atoms with Crippen LogP contribution in [0.2, 0.25) is 0 Å². The van der Waals surface area contributed by atoms with Gasteiger partial charge >= 0.3 is 0 Å². The molecule has 0 unspecified atom stereocenters. The number of amides is 1. The number of rotatable bonds is 2. The van der Waals surface area contributed by atoms with Crippen molar-refractivity contribution < 1.29 is 4.79 Å². The molecule has 1 fully saturated rings. The molecule has 5 heteroatoms. The first kappa shape index (κ1) is 15.4. The molecule has 2 aliphatic rings. The molecular weight excluding hydrogens is 300 g/mol. The normalized spacial score (nSPS) is 18.5. The van der Waals surface area contributed by atoms with Gasteiger partial charge in [0.15, 0.2) is 5.82 Å². The van der Waals surface area contributed by atoms with Gasteiger partial charge in [-0.1, -0.05) is 31.4 Å². The Hall–Kier alpha value is -2.17. The van der Waals surface area contributed by atoms with Gasteiger partial charge in [-0.2, -0.15) is 0 Å². The number of aromatic nitrogens is 3. The van der Waals surface area contributed by atoms with Crippen LogP contribution in [0.4, 0.5) is 0 Å². The molecule has 2 aromatic rings. The summed E-state index contributed by atoms with van der Waals surface area (Å²) in [5.41, 5.74) is 2.17. The largest absolute Gasteiger partial charge is 0.329 e. The van der Waals surface area contributed by atoms with Gasteiger partial charge in [0.2, 0.25) is 0 Å². The van der Waals surface area contributed by atoms with E-state index in [1.165, 1.54) is 37.7 Å². The summed E-state index contributed by atoms with van der Waals surface area (Å²) in [6, 6.07) is 8.30. The molecule has 126 valence electrons. The number of carbonyl (C=O) groups excluding carboxylic acids is 1. The number of benzene rings is 1. The van der Waals surface area contributed by atoms with Crippen molar-refractivity contribution in [2.75, 3.05) is 6.54 Å². The molecule has 5 nitrogen and oxygen atoms in total. The maximum atomic E-state index is 12.8. The van der Waals surface area contributed by atoms with Crippen LogP contribution in [0.15, 0.2) is 24.3 Å². The van der Waals surface area contributed by atoms with Gasteiger partial charge in [-0.15, -0.1) is 10.2 Å². The topological polar surface area (TPSA) is 51.0 Å². The highest BCUT2D eigenvalue weighted by atomic mass is 16.2. The fraction of sp³-hybridized carbons (Fsp3) is 0.526. The summed E-state index contributed by atoms with van der Waals surface area (Å²) >= 11 is 0. The quantitative estimate of drug-likeness (QED) is 0.852. The van der Waals surface area contributed by atoms with Crippen LogP contribution < -0.4 is 0 Å². The fourth-order valence-electron chi connectivity index (χ4n) is 3.99. The lowest BCUT2D eigenvalue weighted by molar-refractivity contribution is 0.0706. The maximum Gasteiger partial charge on any atom is 0.254 e. The van der Waals surface area contributed by atoms with Gasteiger partial charge in [0.1, 0.15) is 5.82 Å². The van der Waals surface area contributed by atoms with Crippen LogP contribution in [0.25, 0.3) is 0 Å². The Morgan fingerprint density at radius 2 is 1.79 bits per heavy atom. The lowest BCUT2D eigenvalue weighted by Crippen LogP contribution is -2.38. The van der Waals surface area contributed by atoms with Gasteiger partial charge in [0.25, 0.3) is 5.91 Å².